The van der Waals surface area contributed by atoms with E-state index in [1.807, 2.05) is 42.5 Å². The number of pyridine rings is 1. The molecular weight excluding hydrogens is 304 g/mol. The number of aryl methyl sites for hydroxylation is 1. The maximum atomic E-state index is 13.0. The summed E-state index contributed by atoms with van der Waals surface area (Å²) in [6.45, 7) is 1.75. The van der Waals surface area contributed by atoms with Gasteiger partial charge in [0.05, 0.1) is 25.7 Å². The molecule has 0 radical (unpaired) electrons. The summed E-state index contributed by atoms with van der Waals surface area (Å²) in [4.78, 5) is 22.3. The van der Waals surface area contributed by atoms with E-state index in [0.717, 1.165) is 22.3 Å². The molecule has 0 spiro atoms. The molecule has 6 nitrogen and oxygen atoms in total. The van der Waals surface area contributed by atoms with Crippen LogP contribution in [0.4, 0.5) is 0 Å². The summed E-state index contributed by atoms with van der Waals surface area (Å²) in [6, 6.07) is 7.91. The smallest absolute Gasteiger partial charge is 0.227 e. The van der Waals surface area contributed by atoms with Crippen molar-refractivity contribution in [3.8, 4) is 0 Å². The largest absolute Gasteiger partial charge is 0.377 e. The van der Waals surface area contributed by atoms with E-state index in [0.29, 0.717) is 26.2 Å². The highest BCUT2D eigenvalue weighted by molar-refractivity contribution is 5.87. The Bertz CT molecular complexity index is 867. The Morgan fingerprint density at radius 2 is 2.33 bits per heavy atom. The number of hydrogen-bond donors (Lipinski definition) is 1. The van der Waals surface area contributed by atoms with Crippen molar-refractivity contribution in [2.24, 2.45) is 7.05 Å². The zero-order valence-corrected chi connectivity index (χ0v) is 13.6. The molecule has 0 bridgehead atoms. The summed E-state index contributed by atoms with van der Waals surface area (Å²) >= 11 is 0. The number of carbonyl (C=O) groups excluding carboxylic acids is 1. The highest BCUT2D eigenvalue weighted by Gasteiger charge is 2.30. The van der Waals surface area contributed by atoms with E-state index < -0.39 is 0 Å². The molecule has 1 amide bonds. The quantitative estimate of drug-likeness (QED) is 0.802. The van der Waals surface area contributed by atoms with Gasteiger partial charge in [0.25, 0.3) is 0 Å². The van der Waals surface area contributed by atoms with Gasteiger partial charge < -0.3 is 19.2 Å². The number of rotatable bonds is 3. The molecule has 3 aromatic heterocycles. The summed E-state index contributed by atoms with van der Waals surface area (Å²) in [7, 11) is 2.00. The summed E-state index contributed by atoms with van der Waals surface area (Å²) in [5, 5.41) is 1.01. The van der Waals surface area contributed by atoms with Crippen LogP contribution >= 0.6 is 0 Å². The van der Waals surface area contributed by atoms with E-state index in [2.05, 4.69) is 20.6 Å². The minimum Gasteiger partial charge on any atom is -0.377 e. The van der Waals surface area contributed by atoms with E-state index in [1.165, 1.54) is 0 Å². The molecule has 0 saturated carbocycles. The maximum absolute atomic E-state index is 13.0. The summed E-state index contributed by atoms with van der Waals surface area (Å²) in [5.74, 6) is 0.120. The predicted molar refractivity (Wildman–Crippen MR) is 90.5 cm³/mol. The number of hydrogen-bond acceptors (Lipinski definition) is 3. The summed E-state index contributed by atoms with van der Waals surface area (Å²) < 4.78 is 7.67. The van der Waals surface area contributed by atoms with Gasteiger partial charge in [0.15, 0.2) is 0 Å². The van der Waals surface area contributed by atoms with Crippen molar-refractivity contribution >= 4 is 16.9 Å². The van der Waals surface area contributed by atoms with Crippen molar-refractivity contribution in [3.63, 3.8) is 0 Å². The zero-order chi connectivity index (χ0) is 16.5. The third-order valence-corrected chi connectivity index (χ3v) is 4.65. The van der Waals surface area contributed by atoms with Gasteiger partial charge in [-0.25, -0.2) is 4.98 Å². The lowest BCUT2D eigenvalue weighted by atomic mass is 10.1. The molecule has 3 aromatic rings. The van der Waals surface area contributed by atoms with Gasteiger partial charge in [-0.1, -0.05) is 0 Å². The normalized spacial score (nSPS) is 18.2. The molecule has 0 aliphatic carbocycles. The summed E-state index contributed by atoms with van der Waals surface area (Å²) in [5.41, 5.74) is 2.91. The first-order chi connectivity index (χ1) is 11.7. The number of carbonyl (C=O) groups is 1. The van der Waals surface area contributed by atoms with Gasteiger partial charge in [0.2, 0.25) is 5.91 Å². The molecule has 4 heterocycles. The van der Waals surface area contributed by atoms with Crippen molar-refractivity contribution in [3.05, 3.63) is 54.1 Å². The van der Waals surface area contributed by atoms with Crippen molar-refractivity contribution in [2.45, 2.75) is 12.5 Å². The van der Waals surface area contributed by atoms with Crippen LogP contribution in [0.5, 0.6) is 0 Å². The van der Waals surface area contributed by atoms with Crippen molar-refractivity contribution in [2.75, 3.05) is 19.8 Å². The standard InChI is InChI=1S/C18H20N4O2/c1-21-7-3-5-15(21)16-12-24-9-8-22(16)17(23)10-13-11-20-18-14(13)4-2-6-19-18/h2-7,11,16H,8-10,12H2,1H3,(H,19,20)/t16-/m0/s1. The third-order valence-electron chi connectivity index (χ3n) is 4.65. The second kappa shape index (κ2) is 6.13. The number of aromatic amines is 1. The molecule has 24 heavy (non-hydrogen) atoms. The molecule has 124 valence electrons. The van der Waals surface area contributed by atoms with Crippen molar-refractivity contribution < 1.29 is 9.53 Å². The third kappa shape index (κ3) is 2.59. The molecular formula is C18H20N4O2. The lowest BCUT2D eigenvalue weighted by molar-refractivity contribution is -0.139. The minimum atomic E-state index is -0.0328. The first-order valence-electron chi connectivity index (χ1n) is 8.13. The number of ether oxygens (including phenoxy) is 1. The van der Waals surface area contributed by atoms with Crippen molar-refractivity contribution in [1.82, 2.24) is 19.4 Å². The number of H-pyrrole nitrogens is 1. The van der Waals surface area contributed by atoms with Crippen LogP contribution in [0.15, 0.2) is 42.9 Å². The van der Waals surface area contributed by atoms with Crippen LogP contribution in [-0.2, 0) is 23.0 Å². The molecule has 1 saturated heterocycles. The van der Waals surface area contributed by atoms with Crippen LogP contribution in [-0.4, -0.2) is 45.1 Å². The van der Waals surface area contributed by atoms with Gasteiger partial charge >= 0.3 is 0 Å². The molecule has 1 aliphatic heterocycles. The Morgan fingerprint density at radius 3 is 3.17 bits per heavy atom. The molecule has 1 fully saturated rings. The minimum absolute atomic E-state index is 0.0328. The Balaban J connectivity index is 1.59. The van der Waals surface area contributed by atoms with Gasteiger partial charge in [0.1, 0.15) is 5.65 Å². The van der Waals surface area contributed by atoms with Gasteiger partial charge in [-0.3, -0.25) is 4.79 Å². The molecule has 0 unspecified atom stereocenters. The number of amides is 1. The Labute approximate surface area is 140 Å². The zero-order valence-electron chi connectivity index (χ0n) is 13.6. The summed E-state index contributed by atoms with van der Waals surface area (Å²) in [6.07, 6.45) is 6.00. The van der Waals surface area contributed by atoms with Crippen LogP contribution in [0.2, 0.25) is 0 Å². The van der Waals surface area contributed by atoms with E-state index >= 15 is 0 Å². The van der Waals surface area contributed by atoms with Crippen LogP contribution in [0, 0.1) is 0 Å². The van der Waals surface area contributed by atoms with Crippen LogP contribution in [0.1, 0.15) is 17.3 Å². The maximum Gasteiger partial charge on any atom is 0.227 e. The average Bonchev–Trinajstić information content (AvgIpc) is 3.21. The topological polar surface area (TPSA) is 63.1 Å². The van der Waals surface area contributed by atoms with Gasteiger partial charge in [-0.2, -0.15) is 0 Å². The SMILES string of the molecule is Cn1cccc1[C@@H]1COCCN1C(=O)Cc1c[nH]c2ncccc12. The lowest BCUT2D eigenvalue weighted by Gasteiger charge is -2.36. The Morgan fingerprint density at radius 1 is 1.42 bits per heavy atom. The number of morpholine rings is 1. The fourth-order valence-electron chi connectivity index (χ4n) is 3.39. The number of nitrogens with zero attached hydrogens (tertiary/aromatic N) is 3. The van der Waals surface area contributed by atoms with Gasteiger partial charge in [0, 0.05) is 43.3 Å². The molecule has 1 aliphatic rings. The molecule has 4 rings (SSSR count). The fourth-order valence-corrected chi connectivity index (χ4v) is 3.39. The molecule has 1 atom stereocenters. The number of nitrogens with one attached hydrogen (secondary N) is 1. The fraction of sp³-hybridized carbons (Fsp3) is 0.333. The van der Waals surface area contributed by atoms with Crippen LogP contribution in [0.3, 0.4) is 0 Å². The van der Waals surface area contributed by atoms with Crippen LogP contribution < -0.4 is 0 Å². The van der Waals surface area contributed by atoms with Crippen molar-refractivity contribution in [1.29, 1.82) is 0 Å². The molecule has 0 aromatic carbocycles. The number of fused-ring (bicyclic) bond motifs is 1. The Kier molecular flexibility index (Phi) is 3.82. The molecule has 6 heteroatoms. The van der Waals surface area contributed by atoms with E-state index in [4.69, 9.17) is 4.74 Å². The highest BCUT2D eigenvalue weighted by Crippen LogP contribution is 2.26. The predicted octanol–water partition coefficient (Wildman–Crippen LogP) is 2.04. The lowest BCUT2D eigenvalue weighted by Crippen LogP contribution is -2.44. The first kappa shape index (κ1) is 15.0. The highest BCUT2D eigenvalue weighted by atomic mass is 16.5. The number of aromatic nitrogens is 3. The second-order valence-corrected chi connectivity index (χ2v) is 6.11. The van der Waals surface area contributed by atoms with Gasteiger partial charge in [-0.15, -0.1) is 0 Å². The van der Waals surface area contributed by atoms with E-state index in [-0.39, 0.29) is 11.9 Å². The monoisotopic (exact) mass is 324 g/mol. The van der Waals surface area contributed by atoms with Crippen LogP contribution in [0.25, 0.3) is 11.0 Å². The van der Waals surface area contributed by atoms with E-state index in [1.54, 1.807) is 6.20 Å². The second-order valence-electron chi connectivity index (χ2n) is 6.11. The van der Waals surface area contributed by atoms with Gasteiger partial charge in [-0.05, 0) is 29.8 Å². The van der Waals surface area contributed by atoms with E-state index in [9.17, 15) is 4.79 Å². The Hall–Kier alpha value is -2.60. The molecule has 1 N–H and O–H groups in total. The average molecular weight is 324 g/mol. The first-order valence-corrected chi connectivity index (χ1v) is 8.13.